The number of carbonyl (C=O) groups is 1. The van der Waals surface area contributed by atoms with Crippen molar-refractivity contribution >= 4 is 34.8 Å². The molecule has 0 spiro atoms. The number of carbonyl (C=O) groups excluding carboxylic acids is 1. The fraction of sp³-hybridized carbons (Fsp3) is 0.300. The molecule has 1 N–H and O–H groups in total. The molecule has 9 heteroatoms. The Kier molecular flexibility index (Phi) is 6.76. The summed E-state index contributed by atoms with van der Waals surface area (Å²) < 4.78 is 56.8. The van der Waals surface area contributed by atoms with Gasteiger partial charge in [0, 0.05) is 21.6 Å². The van der Waals surface area contributed by atoms with Crippen molar-refractivity contribution in [3.8, 4) is 11.1 Å². The molecule has 0 aliphatic heterocycles. The standard InChI is InChI=1S/C20H20F3NO3S2/c1-19(2,3)29(26)17(24)12-9-8-11(20(21,22)23)10-14(12)16-13(18(25)27-4)6-5-7-15(16)28/h5-10,24,28H,1-4H3. The second kappa shape index (κ2) is 8.41. The molecule has 0 bridgehead atoms. The molecule has 2 rings (SSSR count). The zero-order valence-electron chi connectivity index (χ0n) is 16.2. The molecule has 156 valence electrons. The number of alkyl halides is 3. The molecule has 0 radical (unpaired) electrons. The van der Waals surface area contributed by atoms with Crippen molar-refractivity contribution in [3.05, 3.63) is 53.1 Å². The Morgan fingerprint density at radius 3 is 2.28 bits per heavy atom. The average molecular weight is 444 g/mol. The number of nitrogens with one attached hydrogen (secondary N) is 1. The van der Waals surface area contributed by atoms with Gasteiger partial charge >= 0.3 is 12.1 Å². The molecule has 0 aromatic heterocycles. The van der Waals surface area contributed by atoms with Gasteiger partial charge < -0.3 is 9.29 Å². The normalized spacial score (nSPS) is 13.1. The number of methoxy groups -OCH3 is 1. The van der Waals surface area contributed by atoms with Crippen molar-refractivity contribution in [3.63, 3.8) is 0 Å². The smallest absolute Gasteiger partial charge is 0.416 e. The maximum absolute atomic E-state index is 13.4. The van der Waals surface area contributed by atoms with Gasteiger partial charge in [-0.3, -0.25) is 5.41 Å². The van der Waals surface area contributed by atoms with Crippen LogP contribution in [0.4, 0.5) is 13.2 Å². The lowest BCUT2D eigenvalue weighted by atomic mass is 9.93. The first-order valence-electron chi connectivity index (χ1n) is 8.41. The first kappa shape index (κ1) is 23.3. The molecule has 29 heavy (non-hydrogen) atoms. The molecular weight excluding hydrogens is 423 g/mol. The minimum Gasteiger partial charge on any atom is -0.610 e. The molecule has 2 aromatic rings. The summed E-state index contributed by atoms with van der Waals surface area (Å²) in [5.74, 6) is -0.761. The monoisotopic (exact) mass is 443 g/mol. The molecule has 2 aromatic carbocycles. The van der Waals surface area contributed by atoms with E-state index in [1.54, 1.807) is 20.8 Å². The Hall–Kier alpha value is -1.97. The predicted molar refractivity (Wildman–Crippen MR) is 110 cm³/mol. The van der Waals surface area contributed by atoms with E-state index in [1.807, 2.05) is 0 Å². The van der Waals surface area contributed by atoms with E-state index in [-0.39, 0.29) is 32.2 Å². The lowest BCUT2D eigenvalue weighted by Gasteiger charge is -2.25. The van der Waals surface area contributed by atoms with Crippen LogP contribution in [0.1, 0.15) is 42.3 Å². The van der Waals surface area contributed by atoms with E-state index in [1.165, 1.54) is 18.2 Å². The molecule has 1 atom stereocenters. The highest BCUT2D eigenvalue weighted by atomic mass is 32.2. The van der Waals surface area contributed by atoms with Crippen LogP contribution in [0.3, 0.4) is 0 Å². The summed E-state index contributed by atoms with van der Waals surface area (Å²) in [6.07, 6.45) is -4.64. The second-order valence-corrected chi connectivity index (χ2v) is 9.81. The minimum atomic E-state index is -4.64. The molecule has 0 saturated carbocycles. The highest BCUT2D eigenvalue weighted by molar-refractivity contribution is 8.07. The lowest BCUT2D eigenvalue weighted by Crippen LogP contribution is -2.34. The van der Waals surface area contributed by atoms with Gasteiger partial charge in [-0.25, -0.2) is 4.79 Å². The fourth-order valence-corrected chi connectivity index (χ4v) is 3.95. The molecule has 0 amide bonds. The number of benzene rings is 2. The van der Waals surface area contributed by atoms with Crippen molar-refractivity contribution in [1.29, 1.82) is 5.41 Å². The van der Waals surface area contributed by atoms with Crippen molar-refractivity contribution in [2.45, 2.75) is 36.6 Å². The van der Waals surface area contributed by atoms with Crippen LogP contribution in [0.5, 0.6) is 0 Å². The summed E-state index contributed by atoms with van der Waals surface area (Å²) in [5.41, 5.74) is -0.918. The van der Waals surface area contributed by atoms with Crippen molar-refractivity contribution < 1.29 is 27.3 Å². The summed E-state index contributed by atoms with van der Waals surface area (Å²) in [5, 5.41) is 8.04. The predicted octanol–water partition coefficient (Wildman–Crippen LogP) is 5.32. The van der Waals surface area contributed by atoms with E-state index in [0.29, 0.717) is 0 Å². The number of hydrogen-bond donors (Lipinski definition) is 2. The Labute approximate surface area is 175 Å². The van der Waals surface area contributed by atoms with Crippen LogP contribution in [0.2, 0.25) is 0 Å². The second-order valence-electron chi connectivity index (χ2n) is 7.16. The highest BCUT2D eigenvalue weighted by Crippen LogP contribution is 2.39. The quantitative estimate of drug-likeness (QED) is 0.222. The minimum absolute atomic E-state index is 0.00471. The third-order valence-corrected chi connectivity index (χ3v) is 6.13. The van der Waals surface area contributed by atoms with Crippen LogP contribution < -0.4 is 0 Å². The number of thiol groups is 1. The Balaban J connectivity index is 2.86. The maximum Gasteiger partial charge on any atom is 0.416 e. The van der Waals surface area contributed by atoms with Gasteiger partial charge in [0.2, 0.25) is 5.04 Å². The van der Waals surface area contributed by atoms with E-state index in [0.717, 1.165) is 25.3 Å². The van der Waals surface area contributed by atoms with E-state index < -0.39 is 33.6 Å². The van der Waals surface area contributed by atoms with Gasteiger partial charge in [0.05, 0.1) is 23.8 Å². The Bertz CT molecular complexity index is 953. The van der Waals surface area contributed by atoms with Crippen molar-refractivity contribution in [1.82, 2.24) is 0 Å². The summed E-state index contributed by atoms with van der Waals surface area (Å²) in [4.78, 5) is 12.4. The largest absolute Gasteiger partial charge is 0.610 e. The van der Waals surface area contributed by atoms with Crippen LogP contribution in [0, 0.1) is 5.41 Å². The summed E-state index contributed by atoms with van der Waals surface area (Å²) in [6.45, 7) is 4.98. The number of rotatable bonds is 3. The zero-order chi connectivity index (χ0) is 22.1. The summed E-state index contributed by atoms with van der Waals surface area (Å²) >= 11 is 2.50. The van der Waals surface area contributed by atoms with Gasteiger partial charge in [-0.2, -0.15) is 13.2 Å². The summed E-state index contributed by atoms with van der Waals surface area (Å²) in [7, 11) is 1.15. The molecule has 0 aliphatic rings. The molecule has 0 aliphatic carbocycles. The van der Waals surface area contributed by atoms with Crippen molar-refractivity contribution in [2.75, 3.05) is 7.11 Å². The van der Waals surface area contributed by atoms with E-state index in [9.17, 15) is 22.5 Å². The number of hydrogen-bond acceptors (Lipinski definition) is 5. The van der Waals surface area contributed by atoms with Gasteiger partial charge in [-0.05, 0) is 56.7 Å². The fourth-order valence-electron chi connectivity index (χ4n) is 2.63. The van der Waals surface area contributed by atoms with Gasteiger partial charge in [0.25, 0.3) is 0 Å². The number of halogens is 3. The molecule has 0 fully saturated rings. The van der Waals surface area contributed by atoms with E-state index >= 15 is 0 Å². The van der Waals surface area contributed by atoms with Crippen LogP contribution in [0.25, 0.3) is 11.1 Å². The first-order valence-corrected chi connectivity index (χ1v) is 10.0. The number of esters is 1. The van der Waals surface area contributed by atoms with Crippen LogP contribution >= 0.6 is 12.6 Å². The lowest BCUT2D eigenvalue weighted by molar-refractivity contribution is -0.137. The molecule has 0 heterocycles. The average Bonchev–Trinajstić information content (AvgIpc) is 2.64. The maximum atomic E-state index is 13.4. The van der Waals surface area contributed by atoms with Crippen LogP contribution in [-0.2, 0) is 22.1 Å². The molecule has 1 unspecified atom stereocenters. The van der Waals surface area contributed by atoms with Gasteiger partial charge in [0.15, 0.2) is 0 Å². The third-order valence-electron chi connectivity index (χ3n) is 4.05. The number of ether oxygens (including phenoxy) is 1. The van der Waals surface area contributed by atoms with Gasteiger partial charge in [0.1, 0.15) is 4.75 Å². The highest BCUT2D eigenvalue weighted by Gasteiger charge is 2.36. The topological polar surface area (TPSA) is 73.2 Å². The van der Waals surface area contributed by atoms with Crippen LogP contribution in [0.15, 0.2) is 41.3 Å². The summed E-state index contributed by atoms with van der Waals surface area (Å²) in [6, 6.07) is 7.20. The van der Waals surface area contributed by atoms with E-state index in [4.69, 9.17) is 10.1 Å². The Morgan fingerprint density at radius 2 is 1.76 bits per heavy atom. The Morgan fingerprint density at radius 1 is 1.14 bits per heavy atom. The first-order chi connectivity index (χ1) is 13.3. The SMILES string of the molecule is COC(=O)c1cccc(S)c1-c1cc(C(F)(F)F)ccc1C(=N)[S+]([O-])C(C)(C)C. The molecule has 4 nitrogen and oxygen atoms in total. The zero-order valence-corrected chi connectivity index (χ0v) is 17.9. The van der Waals surface area contributed by atoms with Gasteiger partial charge in [-0.1, -0.05) is 6.07 Å². The third kappa shape index (κ3) is 4.96. The van der Waals surface area contributed by atoms with Gasteiger partial charge in [-0.15, -0.1) is 12.6 Å². The van der Waals surface area contributed by atoms with Crippen molar-refractivity contribution in [2.24, 2.45) is 0 Å². The molecular formula is C20H20F3NO3S2. The van der Waals surface area contributed by atoms with E-state index in [2.05, 4.69) is 12.6 Å². The molecule has 0 saturated heterocycles. The van der Waals surface area contributed by atoms with Crippen LogP contribution in [-0.4, -0.2) is 27.4 Å².